The minimum absolute atomic E-state index is 0.0522. The van der Waals surface area contributed by atoms with Crippen LogP contribution in [0, 0.1) is 9.52 Å². The average molecular weight is 321 g/mol. The van der Waals surface area contributed by atoms with Crippen molar-refractivity contribution in [2.75, 3.05) is 24.5 Å². The Labute approximate surface area is 100 Å². The third kappa shape index (κ3) is 2.25. The van der Waals surface area contributed by atoms with Gasteiger partial charge < -0.3 is 10.2 Å². The van der Waals surface area contributed by atoms with Crippen LogP contribution in [0.25, 0.3) is 0 Å². The highest BCUT2D eigenvalue weighted by Gasteiger charge is 2.20. The summed E-state index contributed by atoms with van der Waals surface area (Å²) in [6, 6.07) is 1.35. The minimum Gasteiger partial charge on any atom is -0.308 e. The molecule has 80 valence electrons. The number of amides is 1. The zero-order valence-electron chi connectivity index (χ0n) is 7.83. The Hall–Kier alpha value is -0.760. The molecule has 0 aliphatic carbocycles. The summed E-state index contributed by atoms with van der Waals surface area (Å²) in [6.45, 7) is 1.58. The number of nitrogens with zero attached hydrogens (tertiary/aromatic N) is 2. The van der Waals surface area contributed by atoms with Gasteiger partial charge in [-0.1, -0.05) is 0 Å². The zero-order valence-corrected chi connectivity index (χ0v) is 9.99. The van der Waals surface area contributed by atoms with E-state index in [2.05, 4.69) is 10.3 Å². The molecule has 6 heteroatoms. The van der Waals surface area contributed by atoms with Crippen molar-refractivity contribution in [3.63, 3.8) is 0 Å². The third-order valence-corrected chi connectivity index (χ3v) is 2.98. The predicted molar refractivity (Wildman–Crippen MR) is 62.1 cm³/mol. The summed E-state index contributed by atoms with van der Waals surface area (Å²) < 4.78 is 13.6. The maximum atomic E-state index is 13.2. The van der Waals surface area contributed by atoms with Crippen molar-refractivity contribution in [3.8, 4) is 0 Å². The predicted octanol–water partition coefficient (Wildman–Crippen LogP) is 0.762. The molecule has 1 amide bonds. The Kier molecular flexibility index (Phi) is 3.15. The number of carbonyl (C=O) groups is 1. The summed E-state index contributed by atoms with van der Waals surface area (Å²) in [5, 5.41) is 2.95. The highest BCUT2D eigenvalue weighted by atomic mass is 127. The van der Waals surface area contributed by atoms with E-state index in [9.17, 15) is 9.18 Å². The number of pyridine rings is 1. The molecule has 15 heavy (non-hydrogen) atoms. The Morgan fingerprint density at radius 2 is 2.40 bits per heavy atom. The maximum absolute atomic E-state index is 13.2. The monoisotopic (exact) mass is 321 g/mol. The molecule has 0 saturated carbocycles. The molecule has 1 aromatic rings. The first kappa shape index (κ1) is 10.7. The molecule has 2 rings (SSSR count). The van der Waals surface area contributed by atoms with E-state index in [1.807, 2.05) is 22.6 Å². The van der Waals surface area contributed by atoms with Crippen LogP contribution in [-0.2, 0) is 4.79 Å². The van der Waals surface area contributed by atoms with Crippen LogP contribution in [0.4, 0.5) is 10.1 Å². The largest absolute Gasteiger partial charge is 0.308 e. The fourth-order valence-electron chi connectivity index (χ4n) is 1.44. The van der Waals surface area contributed by atoms with Crippen LogP contribution >= 0.6 is 22.6 Å². The van der Waals surface area contributed by atoms with E-state index >= 15 is 0 Å². The van der Waals surface area contributed by atoms with Gasteiger partial charge in [0.15, 0.2) is 5.82 Å². The first-order valence-electron chi connectivity index (χ1n) is 4.50. The molecule has 0 radical (unpaired) electrons. The van der Waals surface area contributed by atoms with Crippen molar-refractivity contribution in [1.82, 2.24) is 10.3 Å². The van der Waals surface area contributed by atoms with Crippen LogP contribution in [0.1, 0.15) is 0 Å². The van der Waals surface area contributed by atoms with Crippen molar-refractivity contribution in [2.45, 2.75) is 0 Å². The van der Waals surface area contributed by atoms with Crippen molar-refractivity contribution >= 4 is 34.2 Å². The van der Waals surface area contributed by atoms with Crippen LogP contribution in [0.3, 0.4) is 0 Å². The standard InChI is InChI=1S/C9H9FIN3O/c10-7-3-6(4-13-9(7)11)14-2-1-12-5-8(14)15/h3-4,12H,1-2,5H2. The number of piperazine rings is 1. The summed E-state index contributed by atoms with van der Waals surface area (Å²) in [5.74, 6) is -0.442. The quantitative estimate of drug-likeness (QED) is 0.614. The molecule has 1 aliphatic heterocycles. The number of nitrogens with one attached hydrogen (secondary N) is 1. The smallest absolute Gasteiger partial charge is 0.241 e. The fourth-order valence-corrected chi connectivity index (χ4v) is 1.73. The molecule has 1 saturated heterocycles. The van der Waals surface area contributed by atoms with Gasteiger partial charge in [0.2, 0.25) is 5.91 Å². The molecule has 1 fully saturated rings. The average Bonchev–Trinajstić information content (AvgIpc) is 2.23. The molecular weight excluding hydrogens is 312 g/mol. The Bertz CT molecular complexity index is 399. The summed E-state index contributed by atoms with van der Waals surface area (Å²) in [5.41, 5.74) is 0.527. The van der Waals surface area contributed by atoms with Gasteiger partial charge in [0.05, 0.1) is 18.4 Å². The topological polar surface area (TPSA) is 45.2 Å². The van der Waals surface area contributed by atoms with Crippen LogP contribution in [0.2, 0.25) is 0 Å². The van der Waals surface area contributed by atoms with Gasteiger partial charge in [0.25, 0.3) is 0 Å². The van der Waals surface area contributed by atoms with Gasteiger partial charge in [-0.3, -0.25) is 4.79 Å². The normalized spacial score (nSPS) is 16.9. The van der Waals surface area contributed by atoms with Gasteiger partial charge >= 0.3 is 0 Å². The second-order valence-electron chi connectivity index (χ2n) is 3.19. The molecule has 0 bridgehead atoms. The van der Waals surface area contributed by atoms with Gasteiger partial charge in [0.1, 0.15) is 3.70 Å². The molecule has 0 unspecified atom stereocenters. The summed E-state index contributed by atoms with van der Waals surface area (Å²) in [7, 11) is 0. The van der Waals surface area contributed by atoms with E-state index < -0.39 is 0 Å². The van der Waals surface area contributed by atoms with Crippen LogP contribution in [0.5, 0.6) is 0 Å². The van der Waals surface area contributed by atoms with Gasteiger partial charge in [-0.05, 0) is 22.6 Å². The van der Waals surface area contributed by atoms with Gasteiger partial charge in [-0.2, -0.15) is 0 Å². The van der Waals surface area contributed by atoms with E-state index in [1.165, 1.54) is 12.3 Å². The molecule has 1 aromatic heterocycles. The lowest BCUT2D eigenvalue weighted by molar-refractivity contribution is -0.118. The van der Waals surface area contributed by atoms with E-state index in [0.717, 1.165) is 6.54 Å². The molecule has 4 nitrogen and oxygen atoms in total. The Morgan fingerprint density at radius 1 is 1.60 bits per heavy atom. The van der Waals surface area contributed by atoms with Crippen LogP contribution < -0.4 is 10.2 Å². The first-order chi connectivity index (χ1) is 7.18. The van der Waals surface area contributed by atoms with E-state index in [-0.39, 0.29) is 11.7 Å². The summed E-state index contributed by atoms with van der Waals surface area (Å²) >= 11 is 1.82. The SMILES string of the molecule is O=C1CNCCN1c1cnc(I)c(F)c1. The first-order valence-corrected chi connectivity index (χ1v) is 5.58. The number of carbonyl (C=O) groups excluding carboxylic acids is 1. The number of hydrogen-bond donors (Lipinski definition) is 1. The lowest BCUT2D eigenvalue weighted by Crippen LogP contribution is -2.48. The number of halogens is 2. The van der Waals surface area contributed by atoms with E-state index in [4.69, 9.17) is 0 Å². The highest BCUT2D eigenvalue weighted by molar-refractivity contribution is 14.1. The Balaban J connectivity index is 2.28. The Morgan fingerprint density at radius 3 is 3.07 bits per heavy atom. The molecule has 1 N–H and O–H groups in total. The molecule has 2 heterocycles. The highest BCUT2D eigenvalue weighted by Crippen LogP contribution is 2.18. The molecular formula is C9H9FIN3O. The number of rotatable bonds is 1. The van der Waals surface area contributed by atoms with Crippen molar-refractivity contribution in [1.29, 1.82) is 0 Å². The summed E-state index contributed by atoms with van der Waals surface area (Å²) in [6.07, 6.45) is 1.52. The maximum Gasteiger partial charge on any atom is 0.241 e. The third-order valence-electron chi connectivity index (χ3n) is 2.18. The summed E-state index contributed by atoms with van der Waals surface area (Å²) in [4.78, 5) is 16.9. The lowest BCUT2D eigenvalue weighted by atomic mass is 10.3. The molecule has 0 atom stereocenters. The van der Waals surface area contributed by atoms with Crippen molar-refractivity contribution in [3.05, 3.63) is 21.8 Å². The second kappa shape index (κ2) is 4.40. The van der Waals surface area contributed by atoms with Crippen LogP contribution in [-0.4, -0.2) is 30.5 Å². The van der Waals surface area contributed by atoms with Crippen molar-refractivity contribution < 1.29 is 9.18 Å². The fraction of sp³-hybridized carbons (Fsp3) is 0.333. The second-order valence-corrected chi connectivity index (χ2v) is 4.21. The zero-order chi connectivity index (χ0) is 10.8. The van der Waals surface area contributed by atoms with Gasteiger partial charge in [0, 0.05) is 19.2 Å². The van der Waals surface area contributed by atoms with E-state index in [0.29, 0.717) is 22.5 Å². The van der Waals surface area contributed by atoms with E-state index in [1.54, 1.807) is 4.90 Å². The lowest BCUT2D eigenvalue weighted by Gasteiger charge is -2.27. The minimum atomic E-state index is -0.389. The molecule has 1 aliphatic rings. The van der Waals surface area contributed by atoms with Crippen LogP contribution in [0.15, 0.2) is 12.3 Å². The number of aromatic nitrogens is 1. The van der Waals surface area contributed by atoms with Gasteiger partial charge in [-0.15, -0.1) is 0 Å². The number of hydrogen-bond acceptors (Lipinski definition) is 3. The number of anilines is 1. The van der Waals surface area contributed by atoms with Crippen molar-refractivity contribution in [2.24, 2.45) is 0 Å². The van der Waals surface area contributed by atoms with Gasteiger partial charge in [-0.25, -0.2) is 9.37 Å². The molecule has 0 spiro atoms. The molecule has 0 aromatic carbocycles.